The average molecular weight is 255 g/mol. The van der Waals surface area contributed by atoms with E-state index in [1.807, 2.05) is 25.1 Å². The number of benzene rings is 1. The molecule has 0 aromatic heterocycles. The van der Waals surface area contributed by atoms with Gasteiger partial charge in [-0.1, -0.05) is 26.9 Å². The van der Waals surface area contributed by atoms with Crippen LogP contribution in [0.15, 0.2) is 24.3 Å². The minimum Gasteiger partial charge on any atom is -0.488 e. The van der Waals surface area contributed by atoms with Crippen LogP contribution in [0.2, 0.25) is 0 Å². The standard InChI is InChI=1S/C13H22NO2P/c1-11(10-15)16-13-8-4-3-6-12(13)7-5-9-14-17-2/h3-4,6,8,11,14-15,17H,5,7,9-10H2,1-2H3/t11-/m1/s1. The first-order valence-corrected chi connectivity index (χ1v) is 7.53. The molecule has 0 aliphatic carbocycles. The van der Waals surface area contributed by atoms with Crippen LogP contribution >= 0.6 is 8.73 Å². The molecule has 2 N–H and O–H groups in total. The summed E-state index contributed by atoms with van der Waals surface area (Å²) in [5, 5.41) is 12.3. The molecule has 1 rings (SSSR count). The third-order valence-electron chi connectivity index (χ3n) is 2.48. The van der Waals surface area contributed by atoms with Crippen LogP contribution in [0.3, 0.4) is 0 Å². The van der Waals surface area contributed by atoms with E-state index in [9.17, 15) is 0 Å². The maximum Gasteiger partial charge on any atom is 0.123 e. The highest BCUT2D eigenvalue weighted by atomic mass is 31.1. The first-order chi connectivity index (χ1) is 8.27. The fourth-order valence-corrected chi connectivity index (χ4v) is 2.00. The van der Waals surface area contributed by atoms with Crippen LogP contribution in [0.1, 0.15) is 18.9 Å². The van der Waals surface area contributed by atoms with Gasteiger partial charge in [-0.3, -0.25) is 5.09 Å². The number of aliphatic hydroxyl groups is 1. The number of hydrogen-bond acceptors (Lipinski definition) is 3. The largest absolute Gasteiger partial charge is 0.488 e. The molecule has 0 fully saturated rings. The highest BCUT2D eigenvalue weighted by Crippen LogP contribution is 2.20. The molecule has 0 saturated heterocycles. The van der Waals surface area contributed by atoms with Crippen LogP contribution in [-0.4, -0.2) is 31.0 Å². The number of rotatable bonds is 8. The molecule has 1 aromatic carbocycles. The van der Waals surface area contributed by atoms with Gasteiger partial charge in [-0.25, -0.2) is 0 Å². The Bertz CT molecular complexity index is 320. The summed E-state index contributed by atoms with van der Waals surface area (Å²) in [6.45, 7) is 5.10. The van der Waals surface area contributed by atoms with Gasteiger partial charge in [-0.05, 0) is 44.6 Å². The van der Waals surface area contributed by atoms with Gasteiger partial charge in [0.1, 0.15) is 11.9 Å². The van der Waals surface area contributed by atoms with E-state index in [0.29, 0.717) is 0 Å². The van der Waals surface area contributed by atoms with Crippen molar-refractivity contribution < 1.29 is 9.84 Å². The molecule has 0 radical (unpaired) electrons. The summed E-state index contributed by atoms with van der Waals surface area (Å²) in [6, 6.07) is 8.06. The molecule has 3 nitrogen and oxygen atoms in total. The Labute approximate surface area is 105 Å². The van der Waals surface area contributed by atoms with Gasteiger partial charge < -0.3 is 9.84 Å². The normalized spacial score (nSPS) is 13.1. The first kappa shape index (κ1) is 14.4. The molecule has 0 aliphatic rings. The number of ether oxygens (including phenoxy) is 1. The van der Waals surface area contributed by atoms with Gasteiger partial charge in [0.2, 0.25) is 0 Å². The quantitative estimate of drug-likeness (QED) is 0.552. The molecule has 2 atom stereocenters. The molecule has 0 amide bonds. The van der Waals surface area contributed by atoms with Crippen molar-refractivity contribution in [1.29, 1.82) is 0 Å². The lowest BCUT2D eigenvalue weighted by Gasteiger charge is -2.15. The lowest BCUT2D eigenvalue weighted by Crippen LogP contribution is -2.17. The van der Waals surface area contributed by atoms with Crippen LogP contribution < -0.4 is 9.82 Å². The number of para-hydroxylation sites is 1. The molecular formula is C13H22NO2P. The summed E-state index contributed by atoms with van der Waals surface area (Å²) < 4.78 is 5.68. The maximum atomic E-state index is 9.00. The predicted molar refractivity (Wildman–Crippen MR) is 74.2 cm³/mol. The molecule has 1 aromatic rings. The molecule has 0 saturated carbocycles. The van der Waals surface area contributed by atoms with Crippen molar-refractivity contribution in [3.63, 3.8) is 0 Å². The number of aryl methyl sites for hydroxylation is 1. The Balaban J connectivity index is 2.51. The summed E-state index contributed by atoms with van der Waals surface area (Å²) in [6.07, 6.45) is 1.96. The molecule has 96 valence electrons. The zero-order chi connectivity index (χ0) is 12.5. The Morgan fingerprint density at radius 2 is 2.18 bits per heavy atom. The van der Waals surface area contributed by atoms with Crippen molar-refractivity contribution >= 4 is 8.73 Å². The van der Waals surface area contributed by atoms with Gasteiger partial charge in [-0.2, -0.15) is 0 Å². The summed E-state index contributed by atoms with van der Waals surface area (Å²) in [5.74, 6) is 0.896. The van der Waals surface area contributed by atoms with E-state index in [1.165, 1.54) is 5.56 Å². The Kier molecular flexibility index (Phi) is 7.18. The van der Waals surface area contributed by atoms with E-state index in [4.69, 9.17) is 9.84 Å². The SMILES string of the molecule is CPNCCCc1ccccc1O[C@H](C)CO. The molecule has 17 heavy (non-hydrogen) atoms. The van der Waals surface area contributed by atoms with Gasteiger partial charge in [-0.15, -0.1) is 0 Å². The highest BCUT2D eigenvalue weighted by Gasteiger charge is 2.06. The van der Waals surface area contributed by atoms with Crippen LogP contribution in [0.4, 0.5) is 0 Å². The van der Waals surface area contributed by atoms with E-state index in [0.717, 1.165) is 33.9 Å². The number of nitrogens with one attached hydrogen (secondary N) is 1. The van der Waals surface area contributed by atoms with E-state index in [2.05, 4.69) is 17.8 Å². The summed E-state index contributed by atoms with van der Waals surface area (Å²) in [7, 11) is 0.804. The molecule has 0 bridgehead atoms. The van der Waals surface area contributed by atoms with Crippen molar-refractivity contribution in [3.05, 3.63) is 29.8 Å². The highest BCUT2D eigenvalue weighted by molar-refractivity contribution is 7.34. The van der Waals surface area contributed by atoms with Crippen molar-refractivity contribution in [2.75, 3.05) is 19.8 Å². The van der Waals surface area contributed by atoms with Crippen molar-refractivity contribution in [3.8, 4) is 5.75 Å². The van der Waals surface area contributed by atoms with Crippen LogP contribution in [-0.2, 0) is 6.42 Å². The van der Waals surface area contributed by atoms with Gasteiger partial charge in [0.15, 0.2) is 0 Å². The third kappa shape index (κ3) is 5.49. The van der Waals surface area contributed by atoms with Crippen LogP contribution in [0.5, 0.6) is 5.75 Å². The Morgan fingerprint density at radius 1 is 1.41 bits per heavy atom. The molecular weight excluding hydrogens is 233 g/mol. The first-order valence-electron chi connectivity index (χ1n) is 6.03. The van der Waals surface area contributed by atoms with Gasteiger partial charge in [0.05, 0.1) is 6.61 Å². The fraction of sp³-hybridized carbons (Fsp3) is 0.538. The van der Waals surface area contributed by atoms with Crippen molar-refractivity contribution in [2.45, 2.75) is 25.9 Å². The van der Waals surface area contributed by atoms with Crippen LogP contribution in [0.25, 0.3) is 0 Å². The van der Waals surface area contributed by atoms with Crippen LogP contribution in [0, 0.1) is 0 Å². The van der Waals surface area contributed by atoms with E-state index < -0.39 is 0 Å². The molecule has 0 aliphatic heterocycles. The van der Waals surface area contributed by atoms with Gasteiger partial charge >= 0.3 is 0 Å². The second-order valence-electron chi connectivity index (χ2n) is 4.00. The van der Waals surface area contributed by atoms with E-state index in [1.54, 1.807) is 0 Å². The smallest absolute Gasteiger partial charge is 0.123 e. The Hall–Kier alpha value is -0.630. The topological polar surface area (TPSA) is 41.5 Å². The summed E-state index contributed by atoms with van der Waals surface area (Å²) in [5.41, 5.74) is 1.22. The minimum absolute atomic E-state index is 0.0485. The Morgan fingerprint density at radius 3 is 2.88 bits per heavy atom. The maximum absolute atomic E-state index is 9.00. The lowest BCUT2D eigenvalue weighted by atomic mass is 10.1. The third-order valence-corrected chi connectivity index (χ3v) is 3.09. The molecule has 0 heterocycles. The van der Waals surface area contributed by atoms with Gasteiger partial charge in [0, 0.05) is 0 Å². The predicted octanol–water partition coefficient (Wildman–Crippen LogP) is 2.19. The monoisotopic (exact) mass is 255 g/mol. The number of aliphatic hydroxyl groups excluding tert-OH is 1. The lowest BCUT2D eigenvalue weighted by molar-refractivity contribution is 0.128. The molecule has 1 unspecified atom stereocenters. The molecule has 4 heteroatoms. The average Bonchev–Trinajstić information content (AvgIpc) is 2.36. The molecule has 0 spiro atoms. The second kappa shape index (κ2) is 8.46. The second-order valence-corrected chi connectivity index (χ2v) is 4.85. The fourth-order valence-electron chi connectivity index (χ4n) is 1.57. The zero-order valence-electron chi connectivity index (χ0n) is 10.6. The minimum atomic E-state index is -0.147. The van der Waals surface area contributed by atoms with Crippen molar-refractivity contribution in [1.82, 2.24) is 5.09 Å². The number of hydrogen-bond donors (Lipinski definition) is 2. The van der Waals surface area contributed by atoms with Gasteiger partial charge in [0.25, 0.3) is 0 Å². The van der Waals surface area contributed by atoms with E-state index >= 15 is 0 Å². The summed E-state index contributed by atoms with van der Waals surface area (Å²) >= 11 is 0. The van der Waals surface area contributed by atoms with Crippen molar-refractivity contribution in [2.24, 2.45) is 0 Å². The summed E-state index contributed by atoms with van der Waals surface area (Å²) in [4.78, 5) is 0. The van der Waals surface area contributed by atoms with E-state index in [-0.39, 0.29) is 12.7 Å². The zero-order valence-corrected chi connectivity index (χ0v) is 11.6.